The number of piperidine rings is 1. The van der Waals surface area contributed by atoms with Gasteiger partial charge < -0.3 is 20.4 Å². The van der Waals surface area contributed by atoms with E-state index < -0.39 is 11.7 Å². The Balaban J connectivity index is 1.82. The number of hydrogen-bond acceptors (Lipinski definition) is 3. The summed E-state index contributed by atoms with van der Waals surface area (Å²) >= 11 is 0. The summed E-state index contributed by atoms with van der Waals surface area (Å²) < 4.78 is 0. The molecule has 0 saturated carbocycles. The van der Waals surface area contributed by atoms with Gasteiger partial charge in [-0.15, -0.1) is 0 Å². The molecule has 1 aromatic rings. The normalized spacial score (nSPS) is 23.3. The third-order valence-corrected chi connectivity index (χ3v) is 3.45. The number of hydrogen-bond donors (Lipinski definition) is 3. The van der Waals surface area contributed by atoms with Crippen LogP contribution in [0.15, 0.2) is 30.3 Å². The van der Waals surface area contributed by atoms with Gasteiger partial charge >= 0.3 is 6.09 Å². The molecule has 0 bridgehead atoms. The number of likely N-dealkylation sites (tertiary alicyclic amines) is 1. The van der Waals surface area contributed by atoms with Gasteiger partial charge in [-0.25, -0.2) is 4.79 Å². The Morgan fingerprint density at radius 3 is 2.79 bits per heavy atom. The van der Waals surface area contributed by atoms with Crippen molar-refractivity contribution in [3.05, 3.63) is 35.9 Å². The van der Waals surface area contributed by atoms with E-state index >= 15 is 0 Å². The monoisotopic (exact) mass is 264 g/mol. The Labute approximate surface area is 112 Å². The third kappa shape index (κ3) is 3.94. The molecule has 104 valence electrons. The van der Waals surface area contributed by atoms with E-state index in [4.69, 9.17) is 5.11 Å². The van der Waals surface area contributed by atoms with Crippen LogP contribution in [0.3, 0.4) is 0 Å². The average Bonchev–Trinajstić information content (AvgIpc) is 2.40. The molecule has 1 aliphatic rings. The summed E-state index contributed by atoms with van der Waals surface area (Å²) in [6.07, 6.45) is 0.384. The number of rotatable bonds is 4. The third-order valence-electron chi connectivity index (χ3n) is 3.45. The van der Waals surface area contributed by atoms with Crippen LogP contribution < -0.4 is 5.32 Å². The van der Waals surface area contributed by atoms with Crippen LogP contribution >= 0.6 is 0 Å². The molecule has 1 amide bonds. The predicted octanol–water partition coefficient (Wildman–Crippen LogP) is 1.28. The summed E-state index contributed by atoms with van der Waals surface area (Å²) in [6.45, 7) is 1.78. The van der Waals surface area contributed by atoms with Crippen molar-refractivity contribution in [2.75, 3.05) is 19.6 Å². The fourth-order valence-corrected chi connectivity index (χ4v) is 2.46. The minimum Gasteiger partial charge on any atom is -0.465 e. The summed E-state index contributed by atoms with van der Waals surface area (Å²) in [5.41, 5.74) is 0.197. The zero-order valence-corrected chi connectivity index (χ0v) is 10.9. The fourth-order valence-electron chi connectivity index (χ4n) is 2.46. The molecule has 1 unspecified atom stereocenters. The highest BCUT2D eigenvalue weighted by Gasteiger charge is 2.34. The number of nitrogens with zero attached hydrogens (tertiary/aromatic N) is 1. The zero-order valence-electron chi connectivity index (χ0n) is 10.9. The number of aliphatic hydroxyl groups is 1. The number of carbonyl (C=O) groups is 1. The maximum atomic E-state index is 10.9. The van der Waals surface area contributed by atoms with Gasteiger partial charge in [-0.05, 0) is 18.4 Å². The van der Waals surface area contributed by atoms with Crippen molar-refractivity contribution in [3.8, 4) is 0 Å². The largest absolute Gasteiger partial charge is 0.465 e. The Morgan fingerprint density at radius 1 is 1.37 bits per heavy atom. The fraction of sp³-hybridized carbons (Fsp3) is 0.500. The van der Waals surface area contributed by atoms with Crippen LogP contribution in [-0.2, 0) is 6.54 Å². The summed E-state index contributed by atoms with van der Waals surface area (Å²) in [7, 11) is 0. The highest BCUT2D eigenvalue weighted by atomic mass is 16.4. The van der Waals surface area contributed by atoms with E-state index in [9.17, 15) is 9.90 Å². The van der Waals surface area contributed by atoms with Crippen molar-refractivity contribution in [1.82, 2.24) is 10.2 Å². The molecule has 1 aromatic carbocycles. The predicted molar refractivity (Wildman–Crippen MR) is 71.9 cm³/mol. The molecule has 19 heavy (non-hydrogen) atoms. The van der Waals surface area contributed by atoms with Crippen LogP contribution in [0.25, 0.3) is 0 Å². The topological polar surface area (TPSA) is 72.8 Å². The molecule has 1 heterocycles. The van der Waals surface area contributed by atoms with Gasteiger partial charge in [0.15, 0.2) is 0 Å². The number of benzene rings is 1. The second-order valence-electron chi connectivity index (χ2n) is 5.12. The van der Waals surface area contributed by atoms with Gasteiger partial charge in [-0.3, -0.25) is 0 Å². The van der Waals surface area contributed by atoms with E-state index in [1.54, 1.807) is 0 Å². The molecule has 1 aliphatic heterocycles. The molecule has 5 heteroatoms. The standard InChI is InChI=1S/C14H20N2O3/c17-13(18)16-8-4-7-14(19,11-16)10-15-9-12-5-2-1-3-6-12/h1-3,5-6,15,19H,4,7-11H2,(H,17,18). The summed E-state index contributed by atoms with van der Waals surface area (Å²) in [5.74, 6) is 0. The van der Waals surface area contributed by atoms with Crippen LogP contribution in [0, 0.1) is 0 Å². The number of carboxylic acid groups (broad SMARTS) is 1. The van der Waals surface area contributed by atoms with E-state index in [1.807, 2.05) is 30.3 Å². The van der Waals surface area contributed by atoms with E-state index in [2.05, 4.69) is 5.32 Å². The van der Waals surface area contributed by atoms with E-state index in [0.29, 0.717) is 32.5 Å². The van der Waals surface area contributed by atoms with Gasteiger partial charge in [0, 0.05) is 19.6 Å². The molecule has 5 nitrogen and oxygen atoms in total. The SMILES string of the molecule is O=C(O)N1CCCC(O)(CNCc2ccccc2)C1. The molecule has 0 radical (unpaired) electrons. The second kappa shape index (κ2) is 6.04. The first-order valence-corrected chi connectivity index (χ1v) is 6.54. The lowest BCUT2D eigenvalue weighted by Crippen LogP contribution is -2.54. The minimum absolute atomic E-state index is 0.185. The second-order valence-corrected chi connectivity index (χ2v) is 5.12. The zero-order chi connectivity index (χ0) is 13.7. The van der Waals surface area contributed by atoms with Crippen molar-refractivity contribution >= 4 is 6.09 Å². The first-order chi connectivity index (χ1) is 9.09. The van der Waals surface area contributed by atoms with Gasteiger partial charge in [0.25, 0.3) is 0 Å². The van der Waals surface area contributed by atoms with Crippen molar-refractivity contribution < 1.29 is 15.0 Å². The minimum atomic E-state index is -0.957. The van der Waals surface area contributed by atoms with Gasteiger partial charge in [-0.1, -0.05) is 30.3 Å². The van der Waals surface area contributed by atoms with Crippen LogP contribution in [0.1, 0.15) is 18.4 Å². The Bertz CT molecular complexity index is 424. The summed E-state index contributed by atoms with van der Waals surface area (Å²) in [4.78, 5) is 12.2. The van der Waals surface area contributed by atoms with E-state index in [-0.39, 0.29) is 6.54 Å². The maximum Gasteiger partial charge on any atom is 0.407 e. The molecule has 3 N–H and O–H groups in total. The molecular formula is C14H20N2O3. The smallest absolute Gasteiger partial charge is 0.407 e. The van der Waals surface area contributed by atoms with E-state index in [1.165, 1.54) is 4.90 Å². The summed E-state index contributed by atoms with van der Waals surface area (Å²) in [5, 5.41) is 22.6. The molecule has 1 saturated heterocycles. The maximum absolute atomic E-state index is 10.9. The summed E-state index contributed by atoms with van der Waals surface area (Å²) in [6, 6.07) is 9.93. The molecule has 2 rings (SSSR count). The lowest BCUT2D eigenvalue weighted by atomic mass is 9.93. The lowest BCUT2D eigenvalue weighted by Gasteiger charge is -2.38. The molecule has 1 atom stereocenters. The van der Waals surface area contributed by atoms with Gasteiger partial charge in [0.2, 0.25) is 0 Å². The average molecular weight is 264 g/mol. The van der Waals surface area contributed by atoms with Crippen LogP contribution in [0.2, 0.25) is 0 Å². The Hall–Kier alpha value is -1.59. The van der Waals surface area contributed by atoms with E-state index in [0.717, 1.165) is 5.56 Å². The first kappa shape index (κ1) is 13.8. The van der Waals surface area contributed by atoms with Crippen molar-refractivity contribution in [2.24, 2.45) is 0 Å². The molecule has 0 aromatic heterocycles. The molecule has 1 fully saturated rings. The van der Waals surface area contributed by atoms with Crippen molar-refractivity contribution in [3.63, 3.8) is 0 Å². The molecule has 0 spiro atoms. The van der Waals surface area contributed by atoms with Gasteiger partial charge in [0.1, 0.15) is 0 Å². The highest BCUT2D eigenvalue weighted by Crippen LogP contribution is 2.20. The number of amides is 1. The highest BCUT2D eigenvalue weighted by molar-refractivity contribution is 5.65. The Kier molecular flexibility index (Phi) is 4.39. The van der Waals surface area contributed by atoms with Gasteiger partial charge in [0.05, 0.1) is 12.1 Å². The number of β-amino-alcohol motifs (C(OH)–C–C–N with tert-alkyl or cyclic N) is 1. The van der Waals surface area contributed by atoms with Crippen LogP contribution in [0.4, 0.5) is 4.79 Å². The first-order valence-electron chi connectivity index (χ1n) is 6.54. The van der Waals surface area contributed by atoms with Crippen LogP contribution in [-0.4, -0.2) is 46.4 Å². The molecule has 0 aliphatic carbocycles. The van der Waals surface area contributed by atoms with Crippen molar-refractivity contribution in [2.45, 2.75) is 25.0 Å². The Morgan fingerprint density at radius 2 is 2.11 bits per heavy atom. The number of nitrogens with one attached hydrogen (secondary N) is 1. The molecular weight excluding hydrogens is 244 g/mol. The van der Waals surface area contributed by atoms with Crippen LogP contribution in [0.5, 0.6) is 0 Å². The van der Waals surface area contributed by atoms with Gasteiger partial charge in [-0.2, -0.15) is 0 Å². The lowest BCUT2D eigenvalue weighted by molar-refractivity contribution is -0.0239. The van der Waals surface area contributed by atoms with Crippen molar-refractivity contribution in [1.29, 1.82) is 0 Å². The quantitative estimate of drug-likeness (QED) is 0.766.